The van der Waals surface area contributed by atoms with Gasteiger partial charge >= 0.3 is 6.03 Å². The number of urea groups is 1. The summed E-state index contributed by atoms with van der Waals surface area (Å²) >= 11 is 0. The number of hydrogen-bond acceptors (Lipinski definition) is 2. The zero-order valence-corrected chi connectivity index (χ0v) is 15.7. The highest BCUT2D eigenvalue weighted by Gasteiger charge is 2.36. The maximum atomic E-state index is 13.0. The van der Waals surface area contributed by atoms with Gasteiger partial charge in [-0.2, -0.15) is 0 Å². The van der Waals surface area contributed by atoms with Gasteiger partial charge in [0.25, 0.3) is 0 Å². The molecule has 28 heavy (non-hydrogen) atoms. The van der Waals surface area contributed by atoms with E-state index in [-0.39, 0.29) is 17.8 Å². The Hall–Kier alpha value is -2.89. The third kappa shape index (κ3) is 4.01. The Labute approximate surface area is 164 Å². The van der Waals surface area contributed by atoms with Crippen molar-refractivity contribution in [2.24, 2.45) is 11.8 Å². The van der Waals surface area contributed by atoms with E-state index in [0.717, 1.165) is 18.5 Å². The Bertz CT molecular complexity index is 841. The Morgan fingerprint density at radius 3 is 2.43 bits per heavy atom. The smallest absolute Gasteiger partial charge is 0.321 e. The SMILES string of the molecule is O=C(Nc1ccc(F)cc1)N1CC[C@H]2CC(=O)N(c3ccccc3)CC[C@H]2C1. The lowest BCUT2D eigenvalue weighted by atomic mass is 9.82. The molecule has 1 N–H and O–H groups in total. The number of halogens is 1. The van der Waals surface area contributed by atoms with E-state index in [1.54, 1.807) is 12.1 Å². The molecule has 0 spiro atoms. The number of fused-ring (bicyclic) bond motifs is 1. The highest BCUT2D eigenvalue weighted by atomic mass is 19.1. The van der Waals surface area contributed by atoms with Gasteiger partial charge in [-0.05, 0) is 61.1 Å². The number of carbonyl (C=O) groups is 2. The average Bonchev–Trinajstić information content (AvgIpc) is 2.88. The first kappa shape index (κ1) is 18.5. The van der Waals surface area contributed by atoms with Crippen molar-refractivity contribution < 1.29 is 14.0 Å². The van der Waals surface area contributed by atoms with Gasteiger partial charge in [0.15, 0.2) is 0 Å². The minimum Gasteiger partial charge on any atom is -0.324 e. The molecule has 2 atom stereocenters. The number of amides is 3. The van der Waals surface area contributed by atoms with Crippen LogP contribution in [0.2, 0.25) is 0 Å². The van der Waals surface area contributed by atoms with Gasteiger partial charge in [0.05, 0.1) is 0 Å². The molecule has 0 unspecified atom stereocenters. The summed E-state index contributed by atoms with van der Waals surface area (Å²) in [4.78, 5) is 29.1. The highest BCUT2D eigenvalue weighted by Crippen LogP contribution is 2.34. The molecule has 2 heterocycles. The highest BCUT2D eigenvalue weighted by molar-refractivity contribution is 5.94. The topological polar surface area (TPSA) is 52.7 Å². The molecule has 6 heteroatoms. The van der Waals surface area contributed by atoms with E-state index in [2.05, 4.69) is 5.32 Å². The molecule has 2 aliphatic heterocycles. The summed E-state index contributed by atoms with van der Waals surface area (Å²) in [7, 11) is 0. The van der Waals surface area contributed by atoms with E-state index in [4.69, 9.17) is 0 Å². The Kier molecular flexibility index (Phi) is 5.28. The van der Waals surface area contributed by atoms with Crippen molar-refractivity contribution in [3.8, 4) is 0 Å². The number of nitrogens with zero attached hydrogens (tertiary/aromatic N) is 2. The molecule has 3 amide bonds. The molecule has 146 valence electrons. The van der Waals surface area contributed by atoms with Crippen LogP contribution in [0.3, 0.4) is 0 Å². The lowest BCUT2D eigenvalue weighted by molar-refractivity contribution is -0.119. The number of carbonyl (C=O) groups excluding carboxylic acids is 2. The van der Waals surface area contributed by atoms with Crippen LogP contribution in [-0.4, -0.2) is 36.5 Å². The molecule has 5 nitrogen and oxygen atoms in total. The van der Waals surface area contributed by atoms with Crippen LogP contribution < -0.4 is 10.2 Å². The Morgan fingerprint density at radius 2 is 1.68 bits per heavy atom. The van der Waals surface area contributed by atoms with Gasteiger partial charge in [-0.25, -0.2) is 9.18 Å². The summed E-state index contributed by atoms with van der Waals surface area (Å²) in [5.74, 6) is 0.467. The maximum absolute atomic E-state index is 13.0. The van der Waals surface area contributed by atoms with Crippen LogP contribution in [0.15, 0.2) is 54.6 Å². The molecular formula is C22H24FN3O2. The maximum Gasteiger partial charge on any atom is 0.321 e. The Balaban J connectivity index is 1.40. The summed E-state index contributed by atoms with van der Waals surface area (Å²) in [6, 6.07) is 15.4. The van der Waals surface area contributed by atoms with Crippen molar-refractivity contribution in [1.82, 2.24) is 4.90 Å². The zero-order chi connectivity index (χ0) is 19.5. The fraction of sp³-hybridized carbons (Fsp3) is 0.364. The molecule has 0 saturated carbocycles. The number of anilines is 2. The summed E-state index contributed by atoms with van der Waals surface area (Å²) in [5, 5.41) is 2.84. The van der Waals surface area contributed by atoms with Gasteiger partial charge < -0.3 is 15.1 Å². The standard InChI is InChI=1S/C22H24FN3O2/c23-18-6-8-19(9-7-18)24-22(28)25-12-10-16-14-21(27)26(13-11-17(16)15-25)20-4-2-1-3-5-20/h1-9,16-17H,10-15H2,(H,24,28)/t16-,17-/m0/s1. The zero-order valence-electron chi connectivity index (χ0n) is 15.7. The van der Waals surface area contributed by atoms with Crippen LogP contribution >= 0.6 is 0 Å². The minimum absolute atomic E-state index is 0.166. The normalized spacial score (nSPS) is 22.4. The van der Waals surface area contributed by atoms with Crippen LogP contribution in [0.4, 0.5) is 20.6 Å². The van der Waals surface area contributed by atoms with Gasteiger partial charge in [0.2, 0.25) is 5.91 Å². The molecule has 2 aromatic carbocycles. The first-order chi connectivity index (χ1) is 13.6. The molecule has 2 aliphatic rings. The van der Waals surface area contributed by atoms with Gasteiger partial charge in [-0.15, -0.1) is 0 Å². The van der Waals surface area contributed by atoms with E-state index in [1.165, 1.54) is 12.1 Å². The van der Waals surface area contributed by atoms with Crippen LogP contribution in [-0.2, 0) is 4.79 Å². The van der Waals surface area contributed by atoms with Gasteiger partial charge in [0, 0.05) is 37.4 Å². The molecule has 0 aromatic heterocycles. The van der Waals surface area contributed by atoms with Crippen molar-refractivity contribution in [3.05, 3.63) is 60.4 Å². The molecule has 2 saturated heterocycles. The van der Waals surface area contributed by atoms with E-state index < -0.39 is 0 Å². The first-order valence-corrected chi connectivity index (χ1v) is 9.77. The molecular weight excluding hydrogens is 357 g/mol. The monoisotopic (exact) mass is 381 g/mol. The van der Waals surface area contributed by atoms with Crippen molar-refractivity contribution >= 4 is 23.3 Å². The fourth-order valence-electron chi connectivity index (χ4n) is 4.23. The third-order valence-corrected chi connectivity index (χ3v) is 5.80. The number of likely N-dealkylation sites (tertiary alicyclic amines) is 1. The third-order valence-electron chi connectivity index (χ3n) is 5.80. The summed E-state index contributed by atoms with van der Waals surface area (Å²) < 4.78 is 13.0. The fourth-order valence-corrected chi connectivity index (χ4v) is 4.23. The van der Waals surface area contributed by atoms with Crippen molar-refractivity contribution in [3.63, 3.8) is 0 Å². The number of para-hydroxylation sites is 1. The largest absolute Gasteiger partial charge is 0.324 e. The second-order valence-corrected chi connectivity index (χ2v) is 7.57. The molecule has 0 aliphatic carbocycles. The lowest BCUT2D eigenvalue weighted by Gasteiger charge is -2.37. The second-order valence-electron chi connectivity index (χ2n) is 7.57. The molecule has 2 fully saturated rings. The predicted molar refractivity (Wildman–Crippen MR) is 107 cm³/mol. The quantitative estimate of drug-likeness (QED) is 0.851. The number of benzene rings is 2. The lowest BCUT2D eigenvalue weighted by Crippen LogP contribution is -2.45. The predicted octanol–water partition coefficient (Wildman–Crippen LogP) is 4.12. The van der Waals surface area contributed by atoms with E-state index in [0.29, 0.717) is 43.6 Å². The Morgan fingerprint density at radius 1 is 0.964 bits per heavy atom. The van der Waals surface area contributed by atoms with E-state index >= 15 is 0 Å². The van der Waals surface area contributed by atoms with Gasteiger partial charge in [0.1, 0.15) is 5.82 Å². The molecule has 4 rings (SSSR count). The minimum atomic E-state index is -0.329. The summed E-state index contributed by atoms with van der Waals surface area (Å²) in [5.41, 5.74) is 1.52. The van der Waals surface area contributed by atoms with Crippen LogP contribution in [0.5, 0.6) is 0 Å². The number of rotatable bonds is 2. The van der Waals surface area contributed by atoms with E-state index in [1.807, 2.05) is 40.1 Å². The number of piperidine rings is 1. The number of nitrogens with one attached hydrogen (secondary N) is 1. The van der Waals surface area contributed by atoms with Crippen LogP contribution in [0, 0.1) is 17.7 Å². The molecule has 2 aromatic rings. The molecule has 0 bridgehead atoms. The van der Waals surface area contributed by atoms with Crippen molar-refractivity contribution in [1.29, 1.82) is 0 Å². The number of hydrogen-bond donors (Lipinski definition) is 1. The average molecular weight is 381 g/mol. The van der Waals surface area contributed by atoms with Crippen LogP contribution in [0.25, 0.3) is 0 Å². The van der Waals surface area contributed by atoms with E-state index in [9.17, 15) is 14.0 Å². The second kappa shape index (κ2) is 8.00. The first-order valence-electron chi connectivity index (χ1n) is 9.77. The van der Waals surface area contributed by atoms with Crippen molar-refractivity contribution in [2.75, 3.05) is 29.9 Å². The summed E-state index contributed by atoms with van der Waals surface area (Å²) in [6.45, 7) is 1.96. The van der Waals surface area contributed by atoms with Gasteiger partial charge in [-0.1, -0.05) is 18.2 Å². The van der Waals surface area contributed by atoms with Gasteiger partial charge in [-0.3, -0.25) is 4.79 Å². The van der Waals surface area contributed by atoms with Crippen LogP contribution in [0.1, 0.15) is 19.3 Å². The van der Waals surface area contributed by atoms with Crippen molar-refractivity contribution in [2.45, 2.75) is 19.3 Å². The summed E-state index contributed by atoms with van der Waals surface area (Å²) in [6.07, 6.45) is 2.24. The molecule has 0 radical (unpaired) electrons.